The van der Waals surface area contributed by atoms with Crippen molar-refractivity contribution >= 4 is 11.6 Å². The van der Waals surface area contributed by atoms with Gasteiger partial charge < -0.3 is 9.51 Å². The molecule has 2 atom stereocenters. The zero-order chi connectivity index (χ0) is 12.2. The van der Waals surface area contributed by atoms with E-state index in [0.717, 1.165) is 11.3 Å². The summed E-state index contributed by atoms with van der Waals surface area (Å²) in [7, 11) is 0. The van der Waals surface area contributed by atoms with Gasteiger partial charge in [-0.2, -0.15) is 0 Å². The predicted octanol–water partition coefficient (Wildman–Crippen LogP) is 2.16. The lowest BCUT2D eigenvalue weighted by Gasteiger charge is -2.02. The number of pyridine rings is 1. The molecule has 17 heavy (non-hydrogen) atoms. The van der Waals surface area contributed by atoms with Crippen LogP contribution in [0.4, 0.5) is 0 Å². The minimum atomic E-state index is -0.717. The first-order valence-electron chi connectivity index (χ1n) is 5.68. The largest absolute Gasteiger partial charge is 0.481 e. The Hall–Kier alpha value is -1.84. The van der Waals surface area contributed by atoms with E-state index in [1.54, 1.807) is 6.20 Å². The highest BCUT2D eigenvalue weighted by atomic mass is 16.4. The molecular formula is C13H14N2O2. The van der Waals surface area contributed by atoms with Gasteiger partial charge in [-0.05, 0) is 17.5 Å². The third kappa shape index (κ3) is 1.30. The van der Waals surface area contributed by atoms with Crippen LogP contribution in [-0.2, 0) is 4.79 Å². The second-order valence-electron chi connectivity index (χ2n) is 5.23. The molecule has 2 unspecified atom stereocenters. The van der Waals surface area contributed by atoms with Gasteiger partial charge in [-0.15, -0.1) is 0 Å². The van der Waals surface area contributed by atoms with Crippen molar-refractivity contribution in [2.75, 3.05) is 0 Å². The van der Waals surface area contributed by atoms with E-state index in [0.29, 0.717) is 0 Å². The summed E-state index contributed by atoms with van der Waals surface area (Å²) in [6.45, 7) is 4.00. The average Bonchev–Trinajstić information content (AvgIpc) is 2.68. The van der Waals surface area contributed by atoms with Gasteiger partial charge >= 0.3 is 5.97 Å². The Kier molecular flexibility index (Phi) is 1.88. The lowest BCUT2D eigenvalue weighted by atomic mass is 10.1. The molecule has 4 heteroatoms. The Bertz CT molecular complexity index is 600. The molecule has 0 aliphatic heterocycles. The van der Waals surface area contributed by atoms with E-state index in [4.69, 9.17) is 0 Å². The van der Waals surface area contributed by atoms with E-state index in [1.807, 2.05) is 42.6 Å². The van der Waals surface area contributed by atoms with Gasteiger partial charge in [-0.3, -0.25) is 4.79 Å². The molecular weight excluding hydrogens is 216 g/mol. The van der Waals surface area contributed by atoms with E-state index < -0.39 is 5.97 Å². The lowest BCUT2D eigenvalue weighted by Crippen LogP contribution is -2.03. The minimum absolute atomic E-state index is 0.0531. The number of aliphatic carboxylic acids is 1. The Morgan fingerprint density at radius 1 is 1.47 bits per heavy atom. The zero-order valence-electron chi connectivity index (χ0n) is 9.79. The molecule has 4 nitrogen and oxygen atoms in total. The number of aromatic nitrogens is 2. The molecule has 1 saturated carbocycles. The number of rotatable bonds is 2. The molecule has 0 bridgehead atoms. The first-order chi connectivity index (χ1) is 8.03. The average molecular weight is 230 g/mol. The smallest absolute Gasteiger partial charge is 0.307 e. The Morgan fingerprint density at radius 2 is 2.24 bits per heavy atom. The van der Waals surface area contributed by atoms with Crippen LogP contribution in [0, 0.1) is 11.3 Å². The summed E-state index contributed by atoms with van der Waals surface area (Å²) in [5, 5.41) is 9.20. The molecule has 2 aromatic rings. The highest BCUT2D eigenvalue weighted by Crippen LogP contribution is 2.64. The standard InChI is InChI=1S/C13H14N2O2/c1-13(2)10(11(13)12(16)17)8-7-14-9-5-3-4-6-15(8)9/h3-7,10-11H,1-2H3,(H,16,17). The fraction of sp³-hybridized carbons (Fsp3) is 0.385. The van der Waals surface area contributed by atoms with E-state index in [9.17, 15) is 9.90 Å². The third-order valence-corrected chi connectivity index (χ3v) is 3.86. The van der Waals surface area contributed by atoms with Crippen LogP contribution < -0.4 is 0 Å². The number of imidazole rings is 1. The molecule has 0 radical (unpaired) electrons. The molecule has 1 N–H and O–H groups in total. The van der Waals surface area contributed by atoms with E-state index >= 15 is 0 Å². The van der Waals surface area contributed by atoms with Crippen LogP contribution >= 0.6 is 0 Å². The number of fused-ring (bicyclic) bond motifs is 1. The first-order valence-corrected chi connectivity index (χ1v) is 5.68. The molecule has 0 aromatic carbocycles. The van der Waals surface area contributed by atoms with Crippen LogP contribution in [0.3, 0.4) is 0 Å². The predicted molar refractivity (Wildman–Crippen MR) is 62.8 cm³/mol. The van der Waals surface area contributed by atoms with E-state index in [2.05, 4.69) is 4.98 Å². The Balaban J connectivity index is 2.09. The van der Waals surface area contributed by atoms with Gasteiger partial charge in [0.15, 0.2) is 0 Å². The lowest BCUT2D eigenvalue weighted by molar-refractivity contribution is -0.139. The summed E-state index contributed by atoms with van der Waals surface area (Å²) >= 11 is 0. The topological polar surface area (TPSA) is 54.6 Å². The van der Waals surface area contributed by atoms with Gasteiger partial charge in [0.2, 0.25) is 0 Å². The normalized spacial score (nSPS) is 26.0. The Morgan fingerprint density at radius 3 is 2.88 bits per heavy atom. The summed E-state index contributed by atoms with van der Waals surface area (Å²) in [4.78, 5) is 15.5. The van der Waals surface area contributed by atoms with E-state index in [1.165, 1.54) is 0 Å². The molecule has 3 rings (SSSR count). The number of hydrogen-bond donors (Lipinski definition) is 1. The van der Waals surface area contributed by atoms with Gasteiger partial charge in [0, 0.05) is 24.0 Å². The fourth-order valence-electron chi connectivity index (χ4n) is 2.83. The van der Waals surface area contributed by atoms with E-state index in [-0.39, 0.29) is 17.3 Å². The maximum atomic E-state index is 11.2. The first kappa shape index (κ1) is 10.3. The number of carbonyl (C=O) groups is 1. The summed E-state index contributed by atoms with van der Waals surface area (Å²) in [6.07, 6.45) is 3.73. The van der Waals surface area contributed by atoms with Crippen molar-refractivity contribution in [3.05, 3.63) is 36.3 Å². The van der Waals surface area contributed by atoms with Crippen LogP contribution in [-0.4, -0.2) is 20.5 Å². The molecule has 2 aromatic heterocycles. The molecule has 1 aliphatic carbocycles. The van der Waals surface area contributed by atoms with Crippen LogP contribution in [0.5, 0.6) is 0 Å². The zero-order valence-corrected chi connectivity index (χ0v) is 9.79. The fourth-order valence-corrected chi connectivity index (χ4v) is 2.83. The Labute approximate surface area is 98.9 Å². The van der Waals surface area contributed by atoms with Crippen molar-refractivity contribution in [2.24, 2.45) is 11.3 Å². The monoisotopic (exact) mass is 230 g/mol. The van der Waals surface area contributed by atoms with Gasteiger partial charge in [0.1, 0.15) is 5.65 Å². The van der Waals surface area contributed by atoms with Crippen LogP contribution in [0.15, 0.2) is 30.6 Å². The molecule has 1 fully saturated rings. The second kappa shape index (κ2) is 3.09. The van der Waals surface area contributed by atoms with Gasteiger partial charge in [0.05, 0.1) is 5.92 Å². The van der Waals surface area contributed by atoms with Crippen LogP contribution in [0.2, 0.25) is 0 Å². The summed E-state index contributed by atoms with van der Waals surface area (Å²) in [5.74, 6) is -0.967. The summed E-state index contributed by atoms with van der Waals surface area (Å²) < 4.78 is 1.98. The number of carboxylic acid groups (broad SMARTS) is 1. The maximum Gasteiger partial charge on any atom is 0.307 e. The second-order valence-corrected chi connectivity index (χ2v) is 5.23. The number of hydrogen-bond acceptors (Lipinski definition) is 2. The maximum absolute atomic E-state index is 11.2. The highest BCUT2D eigenvalue weighted by Gasteiger charge is 2.63. The van der Waals surface area contributed by atoms with Crippen molar-refractivity contribution in [2.45, 2.75) is 19.8 Å². The third-order valence-electron chi connectivity index (χ3n) is 3.86. The summed E-state index contributed by atoms with van der Waals surface area (Å²) in [6, 6.07) is 5.79. The highest BCUT2D eigenvalue weighted by molar-refractivity contribution is 5.77. The van der Waals surface area contributed by atoms with Crippen molar-refractivity contribution in [1.29, 1.82) is 0 Å². The van der Waals surface area contributed by atoms with Crippen LogP contribution in [0.1, 0.15) is 25.5 Å². The molecule has 2 heterocycles. The van der Waals surface area contributed by atoms with Gasteiger partial charge in [-0.25, -0.2) is 4.98 Å². The SMILES string of the molecule is CC1(C)C(C(=O)O)C1c1cnc2ccccn12. The molecule has 0 saturated heterocycles. The molecule has 0 amide bonds. The van der Waals surface area contributed by atoms with Crippen molar-refractivity contribution in [3.63, 3.8) is 0 Å². The van der Waals surface area contributed by atoms with Crippen LogP contribution in [0.25, 0.3) is 5.65 Å². The summed E-state index contributed by atoms with van der Waals surface area (Å²) in [5.41, 5.74) is 1.69. The molecule has 0 spiro atoms. The van der Waals surface area contributed by atoms with Crippen molar-refractivity contribution < 1.29 is 9.90 Å². The van der Waals surface area contributed by atoms with Crippen molar-refractivity contribution in [3.8, 4) is 0 Å². The molecule has 1 aliphatic rings. The quantitative estimate of drug-likeness (QED) is 0.860. The van der Waals surface area contributed by atoms with Gasteiger partial charge in [0.25, 0.3) is 0 Å². The number of carboxylic acids is 1. The minimum Gasteiger partial charge on any atom is -0.481 e. The van der Waals surface area contributed by atoms with Crippen molar-refractivity contribution in [1.82, 2.24) is 9.38 Å². The number of nitrogens with zero attached hydrogens (tertiary/aromatic N) is 2. The van der Waals surface area contributed by atoms with Gasteiger partial charge in [-0.1, -0.05) is 19.9 Å². The molecule has 88 valence electrons.